The number of nitrogens with zero attached hydrogens (tertiary/aromatic N) is 1. The van der Waals surface area contributed by atoms with E-state index in [-0.39, 0.29) is 29.6 Å². The van der Waals surface area contributed by atoms with Gasteiger partial charge in [0.15, 0.2) is 5.78 Å². The van der Waals surface area contributed by atoms with Gasteiger partial charge >= 0.3 is 0 Å². The Bertz CT molecular complexity index is 521. The maximum atomic E-state index is 12.1. The standard InChI is InChI=1S/C15H17NO4/c17-14-5-3-1-2-4-12(14)10-15(18)11-6-8-13(9-7-11)16(19)20/h6-9,12H,1-5,10H2. The molecule has 5 heteroatoms. The van der Waals surface area contributed by atoms with Gasteiger partial charge < -0.3 is 0 Å². The van der Waals surface area contributed by atoms with Crippen molar-refractivity contribution in [2.24, 2.45) is 5.92 Å². The van der Waals surface area contributed by atoms with E-state index in [0.717, 1.165) is 25.7 Å². The maximum Gasteiger partial charge on any atom is 0.269 e. The van der Waals surface area contributed by atoms with Gasteiger partial charge in [0.1, 0.15) is 5.78 Å². The Morgan fingerprint density at radius 3 is 2.55 bits per heavy atom. The summed E-state index contributed by atoms with van der Waals surface area (Å²) in [5.74, 6) is -0.113. The number of hydrogen-bond acceptors (Lipinski definition) is 4. The fourth-order valence-electron chi connectivity index (χ4n) is 2.56. The van der Waals surface area contributed by atoms with E-state index in [1.54, 1.807) is 0 Å². The molecule has 0 N–H and O–H groups in total. The number of non-ortho nitro benzene ring substituents is 1. The van der Waals surface area contributed by atoms with Crippen LogP contribution in [-0.2, 0) is 4.79 Å². The second-order valence-corrected chi connectivity index (χ2v) is 5.19. The van der Waals surface area contributed by atoms with E-state index in [1.165, 1.54) is 24.3 Å². The van der Waals surface area contributed by atoms with Crippen LogP contribution in [0.25, 0.3) is 0 Å². The summed E-state index contributed by atoms with van der Waals surface area (Å²) in [4.78, 5) is 34.1. The summed E-state index contributed by atoms with van der Waals surface area (Å²) in [6.45, 7) is 0. The van der Waals surface area contributed by atoms with Crippen molar-refractivity contribution in [3.05, 3.63) is 39.9 Å². The quantitative estimate of drug-likeness (QED) is 0.365. The highest BCUT2D eigenvalue weighted by Crippen LogP contribution is 2.24. The van der Waals surface area contributed by atoms with Crippen molar-refractivity contribution < 1.29 is 14.5 Å². The van der Waals surface area contributed by atoms with Gasteiger partial charge in [-0.3, -0.25) is 19.7 Å². The largest absolute Gasteiger partial charge is 0.299 e. The van der Waals surface area contributed by atoms with Gasteiger partial charge in [-0.15, -0.1) is 0 Å². The van der Waals surface area contributed by atoms with Gasteiger partial charge in [-0.25, -0.2) is 0 Å². The molecule has 1 unspecified atom stereocenters. The lowest BCUT2D eigenvalue weighted by Gasteiger charge is -2.11. The third kappa shape index (κ3) is 3.50. The summed E-state index contributed by atoms with van der Waals surface area (Å²) in [7, 11) is 0. The molecule has 0 radical (unpaired) electrons. The molecule has 1 fully saturated rings. The summed E-state index contributed by atoms with van der Waals surface area (Å²) in [6.07, 6.45) is 4.52. The Morgan fingerprint density at radius 2 is 1.90 bits per heavy atom. The zero-order chi connectivity index (χ0) is 14.5. The van der Waals surface area contributed by atoms with Crippen LogP contribution in [-0.4, -0.2) is 16.5 Å². The monoisotopic (exact) mass is 275 g/mol. The number of nitro benzene ring substituents is 1. The van der Waals surface area contributed by atoms with Crippen molar-refractivity contribution in [3.63, 3.8) is 0 Å². The first-order valence-corrected chi connectivity index (χ1v) is 6.88. The molecule has 1 aliphatic carbocycles. The normalized spacial score (nSPS) is 19.4. The Balaban J connectivity index is 2.03. The predicted octanol–water partition coefficient (Wildman–Crippen LogP) is 3.32. The first kappa shape index (κ1) is 14.4. The van der Waals surface area contributed by atoms with Gasteiger partial charge in [0, 0.05) is 36.5 Å². The fourth-order valence-corrected chi connectivity index (χ4v) is 2.56. The van der Waals surface area contributed by atoms with Crippen LogP contribution in [0.5, 0.6) is 0 Å². The SMILES string of the molecule is O=C(CC1CCCCCC1=O)c1ccc([N+](=O)[O-])cc1. The minimum Gasteiger partial charge on any atom is -0.299 e. The number of Topliss-reactive ketones (excluding diaryl/α,β-unsaturated/α-hetero) is 2. The number of benzene rings is 1. The number of rotatable bonds is 4. The maximum absolute atomic E-state index is 12.1. The molecule has 0 amide bonds. The third-order valence-electron chi connectivity index (χ3n) is 3.76. The molecule has 2 rings (SSSR count). The Hall–Kier alpha value is -2.04. The van der Waals surface area contributed by atoms with Gasteiger partial charge in [0.25, 0.3) is 5.69 Å². The van der Waals surface area contributed by atoms with Crippen molar-refractivity contribution in [3.8, 4) is 0 Å². The van der Waals surface area contributed by atoms with Gasteiger partial charge in [0.05, 0.1) is 4.92 Å². The Labute approximate surface area is 117 Å². The van der Waals surface area contributed by atoms with Crippen molar-refractivity contribution >= 4 is 17.3 Å². The Kier molecular flexibility index (Phi) is 4.61. The van der Waals surface area contributed by atoms with E-state index < -0.39 is 4.92 Å². The number of carbonyl (C=O) groups excluding carboxylic acids is 2. The molecule has 0 saturated heterocycles. The molecule has 0 aromatic heterocycles. The van der Waals surface area contributed by atoms with E-state index >= 15 is 0 Å². The van der Waals surface area contributed by atoms with E-state index in [0.29, 0.717) is 12.0 Å². The molecule has 20 heavy (non-hydrogen) atoms. The molecule has 0 heterocycles. The summed E-state index contributed by atoms with van der Waals surface area (Å²) in [5, 5.41) is 10.6. The highest BCUT2D eigenvalue weighted by Gasteiger charge is 2.24. The summed E-state index contributed by atoms with van der Waals surface area (Å²) >= 11 is 0. The molecular weight excluding hydrogens is 258 g/mol. The van der Waals surface area contributed by atoms with Crippen LogP contribution < -0.4 is 0 Å². The van der Waals surface area contributed by atoms with Crippen LogP contribution in [0, 0.1) is 16.0 Å². The first-order valence-electron chi connectivity index (χ1n) is 6.88. The number of nitro groups is 1. The highest BCUT2D eigenvalue weighted by atomic mass is 16.6. The molecule has 1 aliphatic rings. The second kappa shape index (κ2) is 6.41. The molecule has 1 aromatic carbocycles. The molecule has 1 atom stereocenters. The van der Waals surface area contributed by atoms with Crippen molar-refractivity contribution in [2.75, 3.05) is 0 Å². The molecule has 1 saturated carbocycles. The van der Waals surface area contributed by atoms with Crippen molar-refractivity contribution in [2.45, 2.75) is 38.5 Å². The van der Waals surface area contributed by atoms with E-state index in [2.05, 4.69) is 0 Å². The van der Waals surface area contributed by atoms with Gasteiger partial charge in [-0.2, -0.15) is 0 Å². The minimum absolute atomic E-state index is 0.0351. The number of ketones is 2. The molecule has 1 aromatic rings. The molecule has 0 bridgehead atoms. The number of hydrogen-bond donors (Lipinski definition) is 0. The predicted molar refractivity (Wildman–Crippen MR) is 73.6 cm³/mol. The summed E-state index contributed by atoms with van der Waals surface area (Å²) in [6, 6.07) is 5.56. The van der Waals surface area contributed by atoms with Crippen LogP contribution in [0.15, 0.2) is 24.3 Å². The molecule has 0 spiro atoms. The third-order valence-corrected chi connectivity index (χ3v) is 3.76. The van der Waals surface area contributed by atoms with Crippen LogP contribution in [0.2, 0.25) is 0 Å². The average Bonchev–Trinajstić information content (AvgIpc) is 2.64. The van der Waals surface area contributed by atoms with Gasteiger partial charge in [-0.1, -0.05) is 12.8 Å². The lowest BCUT2D eigenvalue weighted by molar-refractivity contribution is -0.384. The van der Waals surface area contributed by atoms with Gasteiger partial charge in [-0.05, 0) is 25.0 Å². The van der Waals surface area contributed by atoms with Gasteiger partial charge in [0.2, 0.25) is 0 Å². The second-order valence-electron chi connectivity index (χ2n) is 5.19. The summed E-state index contributed by atoms with van der Waals surface area (Å²) < 4.78 is 0. The van der Waals surface area contributed by atoms with Crippen molar-refractivity contribution in [1.82, 2.24) is 0 Å². The smallest absolute Gasteiger partial charge is 0.269 e. The Morgan fingerprint density at radius 1 is 1.20 bits per heavy atom. The molecule has 5 nitrogen and oxygen atoms in total. The molecule has 106 valence electrons. The van der Waals surface area contributed by atoms with Crippen LogP contribution in [0.1, 0.15) is 48.9 Å². The molecule has 0 aliphatic heterocycles. The topological polar surface area (TPSA) is 77.3 Å². The van der Waals surface area contributed by atoms with E-state index in [4.69, 9.17) is 0 Å². The zero-order valence-corrected chi connectivity index (χ0v) is 11.2. The number of carbonyl (C=O) groups is 2. The zero-order valence-electron chi connectivity index (χ0n) is 11.2. The van der Waals surface area contributed by atoms with E-state index in [9.17, 15) is 19.7 Å². The van der Waals surface area contributed by atoms with Crippen LogP contribution in [0.3, 0.4) is 0 Å². The minimum atomic E-state index is -0.497. The van der Waals surface area contributed by atoms with Crippen molar-refractivity contribution in [1.29, 1.82) is 0 Å². The highest BCUT2D eigenvalue weighted by molar-refractivity contribution is 5.99. The van der Waals surface area contributed by atoms with Crippen LogP contribution >= 0.6 is 0 Å². The first-order chi connectivity index (χ1) is 9.58. The lowest BCUT2D eigenvalue weighted by Crippen LogP contribution is -2.17. The summed E-state index contributed by atoms with van der Waals surface area (Å²) in [5.41, 5.74) is 0.403. The van der Waals surface area contributed by atoms with Crippen LogP contribution in [0.4, 0.5) is 5.69 Å². The fraction of sp³-hybridized carbons (Fsp3) is 0.467. The lowest BCUT2D eigenvalue weighted by atomic mass is 9.91. The van der Waals surface area contributed by atoms with E-state index in [1.807, 2.05) is 0 Å². The molecular formula is C15H17NO4. The average molecular weight is 275 g/mol.